The van der Waals surface area contributed by atoms with Gasteiger partial charge in [-0.1, -0.05) is 0 Å². The molecule has 15 heavy (non-hydrogen) atoms. The number of nitrogens with one attached hydrogen (secondary N) is 1. The van der Waals surface area contributed by atoms with Crippen molar-refractivity contribution in [2.45, 2.75) is 6.92 Å². The van der Waals surface area contributed by atoms with E-state index in [1.165, 1.54) is 5.48 Å². The minimum Gasteiger partial charge on any atom is -0.494 e. The molecule has 0 bridgehead atoms. The fourth-order valence-electron chi connectivity index (χ4n) is 0.980. The van der Waals surface area contributed by atoms with Crippen molar-refractivity contribution >= 4 is 5.91 Å². The van der Waals surface area contributed by atoms with Gasteiger partial charge in [-0.2, -0.15) is 0 Å². The Morgan fingerprint density at radius 2 is 1.80 bits per heavy atom. The van der Waals surface area contributed by atoms with Gasteiger partial charge >= 0.3 is 0 Å². The summed E-state index contributed by atoms with van der Waals surface area (Å²) in [5.74, 6) is 0.697. The lowest BCUT2D eigenvalue weighted by Gasteiger charge is -2.06. The topological polar surface area (TPSA) is 67.8 Å². The van der Waals surface area contributed by atoms with Crippen LogP contribution in [0.15, 0.2) is 24.3 Å². The zero-order valence-electron chi connectivity index (χ0n) is 8.40. The third kappa shape index (κ3) is 3.86. The molecule has 0 spiro atoms. The molecule has 5 heteroatoms. The van der Waals surface area contributed by atoms with Crippen LogP contribution in [0.2, 0.25) is 0 Å². The van der Waals surface area contributed by atoms with Crippen molar-refractivity contribution in [1.29, 1.82) is 0 Å². The van der Waals surface area contributed by atoms with Crippen LogP contribution in [0.3, 0.4) is 0 Å². The Balaban J connectivity index is 2.45. The van der Waals surface area contributed by atoms with Crippen LogP contribution >= 0.6 is 0 Å². The standard InChI is InChI=1S/C10H13NO4/c1-2-14-8-3-5-9(6-4-8)15-7-10(12)11-13/h3-6,13H,2,7H2,1H3,(H,11,12). The normalized spacial score (nSPS) is 9.47. The highest BCUT2D eigenvalue weighted by molar-refractivity contribution is 5.76. The van der Waals surface area contributed by atoms with Gasteiger partial charge in [0.2, 0.25) is 0 Å². The maximum atomic E-state index is 10.6. The van der Waals surface area contributed by atoms with E-state index in [1.807, 2.05) is 6.92 Å². The molecule has 1 amide bonds. The summed E-state index contributed by atoms with van der Waals surface area (Å²) in [7, 11) is 0. The van der Waals surface area contributed by atoms with E-state index >= 15 is 0 Å². The average Bonchev–Trinajstić information content (AvgIpc) is 2.28. The van der Waals surface area contributed by atoms with Crippen molar-refractivity contribution in [3.8, 4) is 11.5 Å². The molecule has 1 aromatic carbocycles. The zero-order chi connectivity index (χ0) is 11.1. The molecule has 0 fully saturated rings. The third-order valence-electron chi connectivity index (χ3n) is 1.63. The molecule has 0 atom stereocenters. The molecule has 0 saturated carbocycles. The number of amides is 1. The third-order valence-corrected chi connectivity index (χ3v) is 1.63. The van der Waals surface area contributed by atoms with Crippen LogP contribution in [0.4, 0.5) is 0 Å². The SMILES string of the molecule is CCOc1ccc(OCC(=O)NO)cc1. The number of rotatable bonds is 5. The maximum absolute atomic E-state index is 10.6. The monoisotopic (exact) mass is 211 g/mol. The minimum absolute atomic E-state index is 0.218. The minimum atomic E-state index is -0.594. The Kier molecular flexibility index (Phi) is 4.43. The molecule has 0 heterocycles. The molecule has 0 saturated heterocycles. The van der Waals surface area contributed by atoms with Gasteiger partial charge in [-0.3, -0.25) is 10.0 Å². The number of hydroxylamine groups is 1. The van der Waals surface area contributed by atoms with Gasteiger partial charge in [0, 0.05) is 0 Å². The zero-order valence-corrected chi connectivity index (χ0v) is 8.40. The van der Waals surface area contributed by atoms with Gasteiger partial charge in [0.05, 0.1) is 6.61 Å². The van der Waals surface area contributed by atoms with Crippen molar-refractivity contribution in [1.82, 2.24) is 5.48 Å². The number of hydrogen-bond donors (Lipinski definition) is 2. The van der Waals surface area contributed by atoms with Gasteiger partial charge in [-0.15, -0.1) is 0 Å². The lowest BCUT2D eigenvalue weighted by atomic mass is 10.3. The summed E-state index contributed by atoms with van der Waals surface area (Å²) in [5.41, 5.74) is 1.48. The second-order valence-electron chi connectivity index (χ2n) is 2.73. The lowest BCUT2D eigenvalue weighted by Crippen LogP contribution is -2.25. The molecular weight excluding hydrogens is 198 g/mol. The van der Waals surface area contributed by atoms with Crippen LogP contribution in [-0.4, -0.2) is 24.3 Å². The van der Waals surface area contributed by atoms with E-state index < -0.39 is 5.91 Å². The summed E-state index contributed by atoms with van der Waals surface area (Å²) < 4.78 is 10.3. The molecule has 2 N–H and O–H groups in total. The molecule has 0 radical (unpaired) electrons. The van der Waals surface area contributed by atoms with Crippen LogP contribution in [-0.2, 0) is 4.79 Å². The van der Waals surface area contributed by atoms with Gasteiger partial charge in [-0.05, 0) is 31.2 Å². The van der Waals surface area contributed by atoms with E-state index in [0.29, 0.717) is 12.4 Å². The predicted molar refractivity (Wildman–Crippen MR) is 53.0 cm³/mol. The summed E-state index contributed by atoms with van der Waals surface area (Å²) in [5, 5.41) is 8.23. The predicted octanol–water partition coefficient (Wildman–Crippen LogP) is 0.969. The van der Waals surface area contributed by atoms with E-state index in [2.05, 4.69) is 0 Å². The van der Waals surface area contributed by atoms with Gasteiger partial charge in [0.1, 0.15) is 11.5 Å². The molecule has 0 aliphatic heterocycles. The fourth-order valence-corrected chi connectivity index (χ4v) is 0.980. The second-order valence-corrected chi connectivity index (χ2v) is 2.73. The van der Waals surface area contributed by atoms with Crippen molar-refractivity contribution in [2.75, 3.05) is 13.2 Å². The lowest BCUT2D eigenvalue weighted by molar-refractivity contribution is -0.131. The van der Waals surface area contributed by atoms with E-state index in [4.69, 9.17) is 14.7 Å². The van der Waals surface area contributed by atoms with Crippen LogP contribution in [0.5, 0.6) is 11.5 Å². The van der Waals surface area contributed by atoms with E-state index in [9.17, 15) is 4.79 Å². The van der Waals surface area contributed by atoms with E-state index in [0.717, 1.165) is 5.75 Å². The fraction of sp³-hybridized carbons (Fsp3) is 0.300. The largest absolute Gasteiger partial charge is 0.494 e. The Bertz CT molecular complexity index is 310. The molecule has 0 aliphatic carbocycles. The summed E-state index contributed by atoms with van der Waals surface area (Å²) in [4.78, 5) is 10.6. The van der Waals surface area contributed by atoms with Crippen LogP contribution < -0.4 is 15.0 Å². The van der Waals surface area contributed by atoms with E-state index in [1.54, 1.807) is 24.3 Å². The summed E-state index contributed by atoms with van der Waals surface area (Å²) in [6.07, 6.45) is 0. The summed E-state index contributed by atoms with van der Waals surface area (Å²) >= 11 is 0. The van der Waals surface area contributed by atoms with E-state index in [-0.39, 0.29) is 6.61 Å². The van der Waals surface area contributed by atoms with Crippen molar-refractivity contribution in [2.24, 2.45) is 0 Å². The Hall–Kier alpha value is -1.75. The number of carbonyl (C=O) groups excluding carboxylic acids is 1. The molecule has 1 aromatic rings. The van der Waals surface area contributed by atoms with Gasteiger partial charge in [0.25, 0.3) is 5.91 Å². The van der Waals surface area contributed by atoms with Crippen LogP contribution in [0.1, 0.15) is 6.92 Å². The molecule has 1 rings (SSSR count). The first-order chi connectivity index (χ1) is 7.26. The first kappa shape index (κ1) is 11.3. The number of benzene rings is 1. The highest BCUT2D eigenvalue weighted by atomic mass is 16.5. The average molecular weight is 211 g/mol. The smallest absolute Gasteiger partial charge is 0.281 e. The number of carbonyl (C=O) groups is 1. The number of hydrogen-bond acceptors (Lipinski definition) is 4. The van der Waals surface area contributed by atoms with Crippen molar-refractivity contribution in [3.63, 3.8) is 0 Å². The van der Waals surface area contributed by atoms with Crippen LogP contribution in [0.25, 0.3) is 0 Å². The summed E-state index contributed by atoms with van der Waals surface area (Å²) in [6.45, 7) is 2.29. The Labute approximate surface area is 87.6 Å². The quantitative estimate of drug-likeness (QED) is 0.562. The van der Waals surface area contributed by atoms with Crippen molar-refractivity contribution in [3.05, 3.63) is 24.3 Å². The molecule has 0 aromatic heterocycles. The highest BCUT2D eigenvalue weighted by Gasteiger charge is 2.00. The summed E-state index contributed by atoms with van der Waals surface area (Å²) in [6, 6.07) is 6.87. The Morgan fingerprint density at radius 3 is 2.27 bits per heavy atom. The van der Waals surface area contributed by atoms with Gasteiger partial charge in [-0.25, -0.2) is 5.48 Å². The first-order valence-corrected chi connectivity index (χ1v) is 4.55. The van der Waals surface area contributed by atoms with Gasteiger partial charge in [0.15, 0.2) is 6.61 Å². The molecule has 82 valence electrons. The van der Waals surface area contributed by atoms with Crippen LogP contribution in [0, 0.1) is 0 Å². The Morgan fingerprint density at radius 1 is 1.27 bits per heavy atom. The van der Waals surface area contributed by atoms with Gasteiger partial charge < -0.3 is 9.47 Å². The maximum Gasteiger partial charge on any atom is 0.281 e. The van der Waals surface area contributed by atoms with Crippen molar-refractivity contribution < 1.29 is 19.5 Å². The first-order valence-electron chi connectivity index (χ1n) is 4.55. The number of ether oxygens (including phenoxy) is 2. The highest BCUT2D eigenvalue weighted by Crippen LogP contribution is 2.17. The molecule has 0 unspecified atom stereocenters. The molecular formula is C10H13NO4. The molecule has 5 nitrogen and oxygen atoms in total. The second kappa shape index (κ2) is 5.87. The molecule has 0 aliphatic rings.